The van der Waals surface area contributed by atoms with Crippen molar-refractivity contribution in [1.82, 2.24) is 24.8 Å². The molecular formula is C9H11N5O2. The van der Waals surface area contributed by atoms with E-state index in [0.29, 0.717) is 30.6 Å². The Morgan fingerprint density at radius 3 is 2.75 bits per heavy atom. The third-order valence-electron chi connectivity index (χ3n) is 2.69. The summed E-state index contributed by atoms with van der Waals surface area (Å²) in [5.41, 5.74) is 1.85. The van der Waals surface area contributed by atoms with Gasteiger partial charge in [0.15, 0.2) is 5.82 Å². The van der Waals surface area contributed by atoms with Gasteiger partial charge in [-0.25, -0.2) is 4.98 Å². The number of hydrogen-bond acceptors (Lipinski definition) is 6. The Labute approximate surface area is 91.3 Å². The van der Waals surface area contributed by atoms with Crippen LogP contribution in [0.5, 0.6) is 0 Å². The Bertz CT molecular complexity index is 544. The van der Waals surface area contributed by atoms with Crippen LogP contribution in [0.1, 0.15) is 17.3 Å². The molecule has 7 nitrogen and oxygen atoms in total. The number of aryl methyl sites for hydroxylation is 1. The molecule has 0 aliphatic carbocycles. The highest BCUT2D eigenvalue weighted by Crippen LogP contribution is 2.25. The van der Waals surface area contributed by atoms with Gasteiger partial charge in [-0.05, 0) is 0 Å². The first kappa shape index (κ1) is 9.49. The molecule has 0 unspecified atom stereocenters. The molecule has 0 atom stereocenters. The number of aromatic nitrogens is 4. The van der Waals surface area contributed by atoms with E-state index in [1.165, 1.54) is 5.06 Å². The van der Waals surface area contributed by atoms with Gasteiger partial charge in [-0.2, -0.15) is 10.0 Å². The molecule has 16 heavy (non-hydrogen) atoms. The van der Waals surface area contributed by atoms with E-state index < -0.39 is 0 Å². The van der Waals surface area contributed by atoms with Crippen LogP contribution in [0.4, 0.5) is 0 Å². The predicted molar refractivity (Wildman–Crippen MR) is 52.3 cm³/mol. The molecule has 0 saturated heterocycles. The average molecular weight is 221 g/mol. The highest BCUT2D eigenvalue weighted by Gasteiger charge is 2.26. The molecule has 84 valence electrons. The molecule has 3 rings (SSSR count). The zero-order chi connectivity index (χ0) is 11.3. The Morgan fingerprint density at radius 1 is 1.31 bits per heavy atom. The number of imidazole rings is 1. The van der Waals surface area contributed by atoms with Crippen LogP contribution in [-0.4, -0.2) is 30.0 Å². The first-order chi connectivity index (χ1) is 7.65. The van der Waals surface area contributed by atoms with Crippen LogP contribution in [0, 0.1) is 6.92 Å². The minimum atomic E-state index is 0.444. The predicted octanol–water partition coefficient (Wildman–Crippen LogP) is 0.483. The lowest BCUT2D eigenvalue weighted by Gasteiger charge is -2.05. The monoisotopic (exact) mass is 221 g/mol. The average Bonchev–Trinajstić information content (AvgIpc) is 2.85. The Kier molecular flexibility index (Phi) is 1.86. The van der Waals surface area contributed by atoms with Gasteiger partial charge in [0.2, 0.25) is 11.7 Å². The van der Waals surface area contributed by atoms with Gasteiger partial charge in [0.1, 0.15) is 0 Å². The van der Waals surface area contributed by atoms with E-state index in [-0.39, 0.29) is 0 Å². The fourth-order valence-corrected chi connectivity index (χ4v) is 1.90. The highest BCUT2D eigenvalue weighted by molar-refractivity contribution is 5.46. The first-order valence-corrected chi connectivity index (χ1v) is 4.94. The molecule has 3 heterocycles. The number of nitrogens with zero attached hydrogens (tertiary/aromatic N) is 5. The zero-order valence-corrected chi connectivity index (χ0v) is 9.01. The van der Waals surface area contributed by atoms with Gasteiger partial charge < -0.3 is 14.3 Å². The van der Waals surface area contributed by atoms with Crippen molar-refractivity contribution in [3.63, 3.8) is 0 Å². The van der Waals surface area contributed by atoms with Crippen molar-refractivity contribution in [3.05, 3.63) is 17.3 Å². The van der Waals surface area contributed by atoms with Gasteiger partial charge in [-0.15, -0.1) is 0 Å². The Morgan fingerprint density at radius 2 is 2.12 bits per heavy atom. The summed E-state index contributed by atoms with van der Waals surface area (Å²) in [7, 11) is 1.88. The van der Waals surface area contributed by atoms with Gasteiger partial charge in [0.25, 0.3) is 0 Å². The summed E-state index contributed by atoms with van der Waals surface area (Å²) < 4.78 is 6.81. The second-order valence-corrected chi connectivity index (χ2v) is 3.85. The lowest BCUT2D eigenvalue weighted by atomic mass is 10.4. The Balaban J connectivity index is 2.08. The summed E-state index contributed by atoms with van der Waals surface area (Å²) in [6.45, 7) is 2.66. The third-order valence-corrected chi connectivity index (χ3v) is 2.69. The van der Waals surface area contributed by atoms with E-state index in [9.17, 15) is 5.21 Å². The number of fused-ring (bicyclic) bond motifs is 1. The quantitative estimate of drug-likeness (QED) is 0.754. The van der Waals surface area contributed by atoms with Crippen molar-refractivity contribution in [3.8, 4) is 11.6 Å². The maximum absolute atomic E-state index is 9.36. The van der Waals surface area contributed by atoms with Gasteiger partial charge in [-0.3, -0.25) is 0 Å². The van der Waals surface area contributed by atoms with Crippen molar-refractivity contribution in [2.75, 3.05) is 0 Å². The lowest BCUT2D eigenvalue weighted by Crippen LogP contribution is -2.12. The molecule has 1 aliphatic heterocycles. The van der Waals surface area contributed by atoms with E-state index in [1.54, 1.807) is 6.92 Å². The van der Waals surface area contributed by atoms with E-state index in [0.717, 1.165) is 11.4 Å². The standard InChI is InChI=1S/C9H11N5O2/c1-5-10-8(12-16-5)9-11-6-3-14(15)4-7(6)13(9)2/h15H,3-4H2,1-2H3. The second kappa shape index (κ2) is 3.13. The smallest absolute Gasteiger partial charge is 0.238 e. The van der Waals surface area contributed by atoms with E-state index in [2.05, 4.69) is 15.1 Å². The van der Waals surface area contributed by atoms with Crippen molar-refractivity contribution < 1.29 is 9.73 Å². The summed E-state index contributed by atoms with van der Waals surface area (Å²) >= 11 is 0. The van der Waals surface area contributed by atoms with Crippen LogP contribution < -0.4 is 0 Å². The molecule has 1 aliphatic rings. The number of hydrogen-bond donors (Lipinski definition) is 1. The molecule has 0 saturated carbocycles. The van der Waals surface area contributed by atoms with Crippen LogP contribution >= 0.6 is 0 Å². The largest absolute Gasteiger partial charge is 0.339 e. The molecule has 2 aromatic heterocycles. The van der Waals surface area contributed by atoms with E-state index in [4.69, 9.17) is 4.52 Å². The molecule has 2 aromatic rings. The molecule has 0 amide bonds. The molecule has 0 radical (unpaired) electrons. The molecular weight excluding hydrogens is 210 g/mol. The van der Waals surface area contributed by atoms with Crippen LogP contribution in [0.2, 0.25) is 0 Å². The van der Waals surface area contributed by atoms with Crippen molar-refractivity contribution in [2.24, 2.45) is 7.05 Å². The third kappa shape index (κ3) is 1.25. The normalized spacial score (nSPS) is 15.7. The topological polar surface area (TPSA) is 80.2 Å². The van der Waals surface area contributed by atoms with Crippen LogP contribution in [0.3, 0.4) is 0 Å². The highest BCUT2D eigenvalue weighted by atomic mass is 16.5. The molecule has 0 aromatic carbocycles. The number of hydroxylamine groups is 2. The van der Waals surface area contributed by atoms with Gasteiger partial charge >= 0.3 is 0 Å². The molecule has 0 spiro atoms. The summed E-state index contributed by atoms with van der Waals surface area (Å²) in [5, 5.41) is 14.4. The van der Waals surface area contributed by atoms with Crippen LogP contribution in [-0.2, 0) is 20.1 Å². The second-order valence-electron chi connectivity index (χ2n) is 3.85. The SMILES string of the molecule is Cc1nc(-c2nc3c(n2C)CN(O)C3)no1. The van der Waals surface area contributed by atoms with Crippen LogP contribution in [0.25, 0.3) is 11.6 Å². The van der Waals surface area contributed by atoms with Gasteiger partial charge in [-0.1, -0.05) is 5.16 Å². The maximum Gasteiger partial charge on any atom is 0.238 e. The van der Waals surface area contributed by atoms with Crippen molar-refractivity contribution in [2.45, 2.75) is 20.0 Å². The van der Waals surface area contributed by atoms with Gasteiger partial charge in [0, 0.05) is 14.0 Å². The molecule has 7 heteroatoms. The lowest BCUT2D eigenvalue weighted by molar-refractivity contribution is -0.0984. The minimum Gasteiger partial charge on any atom is -0.339 e. The summed E-state index contributed by atoms with van der Waals surface area (Å²) in [4.78, 5) is 8.54. The first-order valence-electron chi connectivity index (χ1n) is 4.94. The number of rotatable bonds is 1. The summed E-state index contributed by atoms with van der Waals surface area (Å²) in [6.07, 6.45) is 0. The summed E-state index contributed by atoms with van der Waals surface area (Å²) in [5.74, 6) is 1.68. The molecule has 0 bridgehead atoms. The maximum atomic E-state index is 9.36. The summed E-state index contributed by atoms with van der Waals surface area (Å²) in [6, 6.07) is 0. The van der Waals surface area contributed by atoms with E-state index in [1.807, 2.05) is 11.6 Å². The fourth-order valence-electron chi connectivity index (χ4n) is 1.90. The van der Waals surface area contributed by atoms with Gasteiger partial charge in [0.05, 0.1) is 24.5 Å². The van der Waals surface area contributed by atoms with Crippen molar-refractivity contribution in [1.29, 1.82) is 0 Å². The Hall–Kier alpha value is -1.73. The minimum absolute atomic E-state index is 0.444. The van der Waals surface area contributed by atoms with Crippen molar-refractivity contribution >= 4 is 0 Å². The van der Waals surface area contributed by atoms with E-state index >= 15 is 0 Å². The fraction of sp³-hybridized carbons (Fsp3) is 0.444. The molecule has 0 fully saturated rings. The molecule has 1 N–H and O–H groups in total. The van der Waals surface area contributed by atoms with Crippen LogP contribution in [0.15, 0.2) is 4.52 Å². The zero-order valence-electron chi connectivity index (χ0n) is 9.01.